The number of allylic oxidation sites excluding steroid dienone is 1. The number of hydrogen-bond donors (Lipinski definition) is 2. The molecule has 0 saturated heterocycles. The van der Waals surface area contributed by atoms with Gasteiger partial charge in [0.05, 0.1) is 18.2 Å². The molecule has 1 aromatic rings. The molecule has 22 heavy (non-hydrogen) atoms. The lowest BCUT2D eigenvalue weighted by Gasteiger charge is -2.29. The van der Waals surface area contributed by atoms with Crippen LogP contribution in [0.4, 0.5) is 9.18 Å². The number of rotatable bonds is 5. The van der Waals surface area contributed by atoms with Crippen molar-refractivity contribution in [3.05, 3.63) is 46.9 Å². The van der Waals surface area contributed by atoms with E-state index in [0.29, 0.717) is 23.3 Å². The quantitative estimate of drug-likeness (QED) is 0.822. The van der Waals surface area contributed by atoms with Gasteiger partial charge < -0.3 is 15.4 Å². The number of esters is 1. The van der Waals surface area contributed by atoms with Gasteiger partial charge in [-0.1, -0.05) is 25.5 Å². The summed E-state index contributed by atoms with van der Waals surface area (Å²) in [7, 11) is 0. The molecule has 2 N–H and O–H groups in total. The van der Waals surface area contributed by atoms with E-state index in [1.807, 2.05) is 6.92 Å². The summed E-state index contributed by atoms with van der Waals surface area (Å²) in [4.78, 5) is 24.1. The van der Waals surface area contributed by atoms with Crippen LogP contribution in [-0.2, 0) is 9.53 Å². The van der Waals surface area contributed by atoms with E-state index in [-0.39, 0.29) is 18.5 Å². The Morgan fingerprint density at radius 1 is 1.27 bits per heavy atom. The molecule has 5 nitrogen and oxygen atoms in total. The Morgan fingerprint density at radius 2 is 1.95 bits per heavy atom. The molecule has 0 aliphatic carbocycles. The second kappa shape index (κ2) is 7.06. The average Bonchev–Trinajstić information content (AvgIpc) is 2.48. The Hall–Kier alpha value is -2.37. The Balaban J connectivity index is 2.47. The Morgan fingerprint density at radius 3 is 2.55 bits per heavy atom. The van der Waals surface area contributed by atoms with Crippen molar-refractivity contribution in [2.24, 2.45) is 0 Å². The fourth-order valence-electron chi connectivity index (χ4n) is 2.42. The number of hydrogen-bond acceptors (Lipinski definition) is 3. The average molecular weight is 306 g/mol. The maximum absolute atomic E-state index is 13.1. The molecule has 2 rings (SSSR count). The topological polar surface area (TPSA) is 67.4 Å². The molecule has 1 aromatic carbocycles. The minimum Gasteiger partial charge on any atom is -0.463 e. The van der Waals surface area contributed by atoms with E-state index in [2.05, 4.69) is 10.6 Å². The molecule has 118 valence electrons. The zero-order chi connectivity index (χ0) is 16.1. The van der Waals surface area contributed by atoms with E-state index in [9.17, 15) is 14.0 Å². The van der Waals surface area contributed by atoms with Gasteiger partial charge in [0.1, 0.15) is 5.82 Å². The van der Waals surface area contributed by atoms with Crippen LogP contribution in [0.25, 0.3) is 0 Å². The van der Waals surface area contributed by atoms with Crippen molar-refractivity contribution >= 4 is 12.0 Å². The van der Waals surface area contributed by atoms with Crippen molar-refractivity contribution in [3.8, 4) is 0 Å². The number of amides is 2. The summed E-state index contributed by atoms with van der Waals surface area (Å²) < 4.78 is 18.2. The second-order valence-electron chi connectivity index (χ2n) is 4.95. The van der Waals surface area contributed by atoms with Gasteiger partial charge in [0.15, 0.2) is 0 Å². The number of carbonyl (C=O) groups is 2. The van der Waals surface area contributed by atoms with Gasteiger partial charge in [0, 0.05) is 5.70 Å². The fourth-order valence-corrected chi connectivity index (χ4v) is 2.42. The normalized spacial score (nSPS) is 17.8. The van der Waals surface area contributed by atoms with Crippen LogP contribution in [0, 0.1) is 5.82 Å². The summed E-state index contributed by atoms with van der Waals surface area (Å²) >= 11 is 0. The monoisotopic (exact) mass is 306 g/mol. The van der Waals surface area contributed by atoms with Crippen LogP contribution in [0.1, 0.15) is 38.3 Å². The van der Waals surface area contributed by atoms with Crippen molar-refractivity contribution < 1.29 is 18.7 Å². The first-order valence-corrected chi connectivity index (χ1v) is 7.30. The Bertz CT molecular complexity index is 596. The van der Waals surface area contributed by atoms with E-state index in [0.717, 1.165) is 6.42 Å². The van der Waals surface area contributed by atoms with Gasteiger partial charge in [-0.2, -0.15) is 0 Å². The van der Waals surface area contributed by atoms with Crippen molar-refractivity contribution in [1.82, 2.24) is 10.6 Å². The molecule has 6 heteroatoms. The van der Waals surface area contributed by atoms with Gasteiger partial charge in [-0.05, 0) is 31.0 Å². The van der Waals surface area contributed by atoms with Crippen LogP contribution in [0.3, 0.4) is 0 Å². The van der Waals surface area contributed by atoms with E-state index in [1.165, 1.54) is 12.1 Å². The van der Waals surface area contributed by atoms with Crippen LogP contribution in [0.15, 0.2) is 35.5 Å². The molecule has 1 aliphatic rings. The summed E-state index contributed by atoms with van der Waals surface area (Å²) in [6.45, 7) is 3.92. The summed E-state index contributed by atoms with van der Waals surface area (Å²) in [5, 5.41) is 5.37. The zero-order valence-electron chi connectivity index (χ0n) is 12.6. The lowest BCUT2D eigenvalue weighted by Crippen LogP contribution is -2.46. The molecule has 1 atom stereocenters. The Kier molecular flexibility index (Phi) is 5.14. The first-order valence-electron chi connectivity index (χ1n) is 7.30. The molecule has 1 aliphatic heterocycles. The predicted octanol–water partition coefficient (Wildman–Crippen LogP) is 2.80. The minimum absolute atomic E-state index is 0.242. The summed E-state index contributed by atoms with van der Waals surface area (Å²) in [6, 6.07) is 4.67. The maximum atomic E-state index is 13.1. The van der Waals surface area contributed by atoms with Gasteiger partial charge in [-0.15, -0.1) is 0 Å². The zero-order valence-corrected chi connectivity index (χ0v) is 12.6. The summed E-state index contributed by atoms with van der Waals surface area (Å²) in [6.07, 6.45) is 1.33. The molecule has 2 amide bonds. The summed E-state index contributed by atoms with van der Waals surface area (Å²) in [5.74, 6) is -0.854. The molecule has 0 spiro atoms. The molecule has 1 heterocycles. The highest BCUT2D eigenvalue weighted by molar-refractivity contribution is 5.95. The molecular formula is C16H19FN2O3. The second-order valence-corrected chi connectivity index (χ2v) is 4.95. The lowest BCUT2D eigenvalue weighted by molar-refractivity contribution is -0.139. The third kappa shape index (κ3) is 3.44. The van der Waals surface area contributed by atoms with E-state index in [1.54, 1.807) is 19.1 Å². The molecule has 0 bridgehead atoms. The number of nitrogens with one attached hydrogen (secondary N) is 2. The SMILES string of the molecule is CCCC1=C(C(=O)OCC)[C@@H](c2ccc(F)cc2)NC(=O)N1. The largest absolute Gasteiger partial charge is 0.463 e. The van der Waals surface area contributed by atoms with Crippen LogP contribution in [0.5, 0.6) is 0 Å². The molecule has 0 unspecified atom stereocenters. The minimum atomic E-state index is -0.644. The highest BCUT2D eigenvalue weighted by Gasteiger charge is 2.33. The third-order valence-electron chi connectivity index (χ3n) is 3.35. The predicted molar refractivity (Wildman–Crippen MR) is 79.4 cm³/mol. The molecule has 0 radical (unpaired) electrons. The van der Waals surface area contributed by atoms with Gasteiger partial charge >= 0.3 is 12.0 Å². The molecule has 0 aromatic heterocycles. The molecule has 0 saturated carbocycles. The highest BCUT2D eigenvalue weighted by Crippen LogP contribution is 2.29. The standard InChI is InChI=1S/C16H19FN2O3/c1-3-5-12-13(15(20)22-4-2)14(19-16(21)18-12)10-6-8-11(17)9-7-10/h6-9,14H,3-5H2,1-2H3,(H2,18,19,21)/t14-/m1/s1. The summed E-state index contributed by atoms with van der Waals surface area (Å²) in [5.41, 5.74) is 1.56. The van der Waals surface area contributed by atoms with Gasteiger partial charge in [-0.3, -0.25) is 0 Å². The number of urea groups is 1. The number of halogens is 1. The van der Waals surface area contributed by atoms with Gasteiger partial charge in [0.2, 0.25) is 0 Å². The van der Waals surface area contributed by atoms with E-state index < -0.39 is 12.0 Å². The smallest absolute Gasteiger partial charge is 0.338 e. The van der Waals surface area contributed by atoms with Crippen molar-refractivity contribution in [3.63, 3.8) is 0 Å². The first kappa shape index (κ1) is 16.0. The van der Waals surface area contributed by atoms with Crippen LogP contribution in [-0.4, -0.2) is 18.6 Å². The number of carbonyl (C=O) groups excluding carboxylic acids is 2. The highest BCUT2D eigenvalue weighted by atomic mass is 19.1. The van der Waals surface area contributed by atoms with Crippen molar-refractivity contribution in [2.45, 2.75) is 32.7 Å². The van der Waals surface area contributed by atoms with Crippen LogP contribution in [0.2, 0.25) is 0 Å². The number of benzene rings is 1. The first-order chi connectivity index (χ1) is 10.6. The fraction of sp³-hybridized carbons (Fsp3) is 0.375. The third-order valence-corrected chi connectivity index (χ3v) is 3.35. The van der Waals surface area contributed by atoms with E-state index >= 15 is 0 Å². The molecule has 0 fully saturated rings. The van der Waals surface area contributed by atoms with Gasteiger partial charge in [0.25, 0.3) is 0 Å². The maximum Gasteiger partial charge on any atom is 0.338 e. The lowest BCUT2D eigenvalue weighted by atomic mass is 9.94. The van der Waals surface area contributed by atoms with Crippen LogP contribution >= 0.6 is 0 Å². The Labute approximate surface area is 128 Å². The molecular weight excluding hydrogens is 287 g/mol. The number of ether oxygens (including phenoxy) is 1. The van der Waals surface area contributed by atoms with Crippen LogP contribution < -0.4 is 10.6 Å². The van der Waals surface area contributed by atoms with E-state index in [4.69, 9.17) is 4.74 Å². The van der Waals surface area contributed by atoms with Crippen molar-refractivity contribution in [2.75, 3.05) is 6.61 Å². The van der Waals surface area contributed by atoms with Crippen molar-refractivity contribution in [1.29, 1.82) is 0 Å². The van der Waals surface area contributed by atoms with Gasteiger partial charge in [-0.25, -0.2) is 14.0 Å².